The molecule has 0 unspecified atom stereocenters. The second-order valence-electron chi connectivity index (χ2n) is 5.53. The van der Waals surface area contributed by atoms with E-state index in [1.807, 2.05) is 43.3 Å². The molecule has 4 heteroatoms. The second-order valence-corrected chi connectivity index (χ2v) is 5.98. The van der Waals surface area contributed by atoms with E-state index >= 15 is 0 Å². The maximum atomic E-state index is 12.5. The fraction of sp³-hybridized carbons (Fsp3) is 0.211. The van der Waals surface area contributed by atoms with Gasteiger partial charge in [0, 0.05) is 35.4 Å². The minimum Gasteiger partial charge on any atom is -0.351 e. The number of rotatable bonds is 5. The number of hydrogen-bond acceptors (Lipinski definition) is 2. The zero-order chi connectivity index (χ0) is 16.2. The first-order valence-electron chi connectivity index (χ1n) is 7.73. The highest BCUT2D eigenvalue weighted by atomic mass is 32.1. The van der Waals surface area contributed by atoms with Crippen LogP contribution in [-0.4, -0.2) is 22.8 Å². The van der Waals surface area contributed by atoms with Crippen LogP contribution < -0.4 is 5.32 Å². The summed E-state index contributed by atoms with van der Waals surface area (Å²) in [6, 6.07) is 18.4. The van der Waals surface area contributed by atoms with Crippen molar-refractivity contribution in [3.8, 4) is 0 Å². The molecule has 2 aromatic carbocycles. The Morgan fingerprint density at radius 2 is 1.78 bits per heavy atom. The molecule has 0 radical (unpaired) electrons. The number of thiol groups is 1. The van der Waals surface area contributed by atoms with Crippen LogP contribution in [0.15, 0.2) is 54.6 Å². The number of carbonyl (C=O) groups excluding carboxylic acids is 1. The zero-order valence-corrected chi connectivity index (χ0v) is 14.0. The van der Waals surface area contributed by atoms with E-state index in [0.717, 1.165) is 28.7 Å². The van der Waals surface area contributed by atoms with E-state index in [0.29, 0.717) is 12.3 Å². The fourth-order valence-corrected chi connectivity index (χ4v) is 3.06. The number of amides is 1. The molecule has 0 aliphatic rings. The molecule has 0 atom stereocenters. The molecule has 0 fully saturated rings. The van der Waals surface area contributed by atoms with Crippen LogP contribution in [0.1, 0.15) is 21.6 Å². The van der Waals surface area contributed by atoms with Crippen molar-refractivity contribution in [2.75, 3.05) is 12.3 Å². The third-order valence-corrected chi connectivity index (χ3v) is 4.26. The van der Waals surface area contributed by atoms with Crippen LogP contribution in [-0.2, 0) is 6.54 Å². The molecule has 0 saturated carbocycles. The Balaban J connectivity index is 2.08. The molecule has 23 heavy (non-hydrogen) atoms. The van der Waals surface area contributed by atoms with Gasteiger partial charge in [0.25, 0.3) is 5.91 Å². The Morgan fingerprint density at radius 1 is 1.09 bits per heavy atom. The predicted octanol–water partition coefficient (Wildman–Crippen LogP) is 3.66. The molecule has 1 aromatic heterocycles. The lowest BCUT2D eigenvalue weighted by Crippen LogP contribution is -2.26. The van der Waals surface area contributed by atoms with Crippen LogP contribution in [0.25, 0.3) is 10.9 Å². The Labute approximate surface area is 141 Å². The minimum absolute atomic E-state index is 0.0282. The smallest absolute Gasteiger partial charge is 0.253 e. The molecule has 0 aliphatic carbocycles. The monoisotopic (exact) mass is 324 g/mol. The summed E-state index contributed by atoms with van der Waals surface area (Å²) in [5, 5.41) is 3.93. The molecule has 1 heterocycles. The highest BCUT2D eigenvalue weighted by molar-refractivity contribution is 7.80. The van der Waals surface area contributed by atoms with E-state index in [1.54, 1.807) is 0 Å². The molecule has 1 amide bonds. The van der Waals surface area contributed by atoms with Crippen molar-refractivity contribution in [1.29, 1.82) is 0 Å². The van der Waals surface area contributed by atoms with Gasteiger partial charge in [-0.05, 0) is 18.6 Å². The van der Waals surface area contributed by atoms with Gasteiger partial charge >= 0.3 is 0 Å². The first kappa shape index (κ1) is 15.7. The second kappa shape index (κ2) is 6.92. The maximum Gasteiger partial charge on any atom is 0.253 e. The van der Waals surface area contributed by atoms with Crippen LogP contribution in [0.5, 0.6) is 0 Å². The summed E-state index contributed by atoms with van der Waals surface area (Å²) in [6.07, 6.45) is 0. The van der Waals surface area contributed by atoms with Gasteiger partial charge in [-0.25, -0.2) is 0 Å². The quantitative estimate of drug-likeness (QED) is 0.690. The summed E-state index contributed by atoms with van der Waals surface area (Å²) in [5.74, 6) is 0.604. The van der Waals surface area contributed by atoms with E-state index in [2.05, 4.69) is 40.7 Å². The Morgan fingerprint density at radius 3 is 2.52 bits per heavy atom. The summed E-state index contributed by atoms with van der Waals surface area (Å²) in [4.78, 5) is 12.5. The highest BCUT2D eigenvalue weighted by Crippen LogP contribution is 2.26. The number of benzene rings is 2. The number of nitrogens with zero attached hydrogens (tertiary/aromatic N) is 1. The number of aromatic nitrogens is 1. The van der Waals surface area contributed by atoms with E-state index in [-0.39, 0.29) is 5.91 Å². The number of hydrogen-bond donors (Lipinski definition) is 2. The van der Waals surface area contributed by atoms with Crippen molar-refractivity contribution < 1.29 is 4.79 Å². The van der Waals surface area contributed by atoms with Crippen LogP contribution in [0.4, 0.5) is 0 Å². The number of carbonyl (C=O) groups is 1. The Bertz CT molecular complexity index is 824. The molecule has 3 aromatic rings. The molecule has 0 saturated heterocycles. The van der Waals surface area contributed by atoms with Crippen molar-refractivity contribution in [2.45, 2.75) is 13.5 Å². The van der Waals surface area contributed by atoms with Gasteiger partial charge in [-0.3, -0.25) is 4.79 Å². The van der Waals surface area contributed by atoms with Gasteiger partial charge in [0.15, 0.2) is 0 Å². The molecule has 0 aliphatic heterocycles. The largest absolute Gasteiger partial charge is 0.351 e. The number of fused-ring (bicyclic) bond motifs is 1. The third kappa shape index (κ3) is 3.13. The standard InChI is InChI=1S/C19H20N2OS/c1-14-18(19(22)20-11-12-23)16-9-5-6-10-17(16)21(14)13-15-7-3-2-4-8-15/h2-10,23H,11-13H2,1H3,(H,20,22). The van der Waals surface area contributed by atoms with E-state index < -0.39 is 0 Å². The van der Waals surface area contributed by atoms with Crippen molar-refractivity contribution in [2.24, 2.45) is 0 Å². The van der Waals surface area contributed by atoms with Gasteiger partial charge < -0.3 is 9.88 Å². The van der Waals surface area contributed by atoms with Crippen molar-refractivity contribution in [3.63, 3.8) is 0 Å². The van der Waals surface area contributed by atoms with Crippen LogP contribution in [0.3, 0.4) is 0 Å². The van der Waals surface area contributed by atoms with Gasteiger partial charge in [0.05, 0.1) is 5.56 Å². The van der Waals surface area contributed by atoms with Crippen molar-refractivity contribution in [3.05, 3.63) is 71.4 Å². The van der Waals surface area contributed by atoms with E-state index in [4.69, 9.17) is 0 Å². The lowest BCUT2D eigenvalue weighted by molar-refractivity contribution is 0.0957. The molecule has 1 N–H and O–H groups in total. The highest BCUT2D eigenvalue weighted by Gasteiger charge is 2.19. The first-order chi connectivity index (χ1) is 11.2. The molecular weight excluding hydrogens is 304 g/mol. The lowest BCUT2D eigenvalue weighted by atomic mass is 10.1. The third-order valence-electron chi connectivity index (χ3n) is 4.04. The van der Waals surface area contributed by atoms with Crippen LogP contribution in [0, 0.1) is 6.92 Å². The Hall–Kier alpha value is -2.20. The van der Waals surface area contributed by atoms with Crippen LogP contribution in [0.2, 0.25) is 0 Å². The van der Waals surface area contributed by atoms with Gasteiger partial charge in [-0.15, -0.1) is 0 Å². The van der Waals surface area contributed by atoms with Gasteiger partial charge in [-0.1, -0.05) is 48.5 Å². The summed E-state index contributed by atoms with van der Waals surface area (Å²) >= 11 is 4.16. The molecule has 3 nitrogen and oxygen atoms in total. The van der Waals surface area contributed by atoms with Crippen molar-refractivity contribution >= 4 is 29.4 Å². The zero-order valence-electron chi connectivity index (χ0n) is 13.1. The average Bonchev–Trinajstić information content (AvgIpc) is 2.86. The minimum atomic E-state index is -0.0282. The van der Waals surface area contributed by atoms with E-state index in [1.165, 1.54) is 5.56 Å². The van der Waals surface area contributed by atoms with Gasteiger partial charge in [-0.2, -0.15) is 12.6 Å². The van der Waals surface area contributed by atoms with Gasteiger partial charge in [0.1, 0.15) is 0 Å². The molecule has 3 rings (SSSR count). The molecular formula is C19H20N2OS. The number of para-hydroxylation sites is 1. The predicted molar refractivity (Wildman–Crippen MR) is 98.4 cm³/mol. The summed E-state index contributed by atoms with van der Waals surface area (Å²) in [7, 11) is 0. The number of nitrogens with one attached hydrogen (secondary N) is 1. The SMILES string of the molecule is Cc1c(C(=O)NCCS)c2ccccc2n1Cc1ccccc1. The lowest BCUT2D eigenvalue weighted by Gasteiger charge is -2.09. The van der Waals surface area contributed by atoms with E-state index in [9.17, 15) is 4.79 Å². The first-order valence-corrected chi connectivity index (χ1v) is 8.36. The fourth-order valence-electron chi connectivity index (χ4n) is 2.95. The molecule has 0 spiro atoms. The normalized spacial score (nSPS) is 10.9. The van der Waals surface area contributed by atoms with Crippen LogP contribution >= 0.6 is 12.6 Å². The topological polar surface area (TPSA) is 34.0 Å². The molecule has 0 bridgehead atoms. The summed E-state index contributed by atoms with van der Waals surface area (Å²) in [5.41, 5.74) is 4.06. The van der Waals surface area contributed by atoms with Gasteiger partial charge in [0.2, 0.25) is 0 Å². The van der Waals surface area contributed by atoms with Crippen molar-refractivity contribution in [1.82, 2.24) is 9.88 Å². The summed E-state index contributed by atoms with van der Waals surface area (Å²) < 4.78 is 2.21. The maximum absolute atomic E-state index is 12.5. The average molecular weight is 324 g/mol. The summed E-state index contributed by atoms with van der Waals surface area (Å²) in [6.45, 7) is 3.34. The Kier molecular flexibility index (Phi) is 4.72. The molecule has 118 valence electrons.